The molecule has 0 saturated heterocycles. The zero-order valence-corrected chi connectivity index (χ0v) is 35.9. The van der Waals surface area contributed by atoms with Crippen molar-refractivity contribution >= 4 is 92.3 Å². The summed E-state index contributed by atoms with van der Waals surface area (Å²) in [5, 5.41) is 79.4. The molecule has 6 aromatic carbocycles. The van der Waals surface area contributed by atoms with Gasteiger partial charge < -0.3 is 35.1 Å². The third kappa shape index (κ3) is 11.7. The molecule has 1 aromatic heterocycles. The molecular weight excluding hydrogens is 887 g/mol. The predicted octanol–water partition coefficient (Wildman–Crippen LogP) is 12.4. The zero-order chi connectivity index (χ0) is 45.7. The molecule has 7 rings (SSSR count). The van der Waals surface area contributed by atoms with Gasteiger partial charge in [-0.2, -0.15) is 25.2 Å². The number of aryl methyl sites for hydroxylation is 1. The van der Waals surface area contributed by atoms with Crippen molar-refractivity contribution in [2.75, 3.05) is 32.0 Å². The van der Waals surface area contributed by atoms with Crippen molar-refractivity contribution in [2.24, 2.45) is 30.7 Å². The molecule has 1 heterocycles. The van der Waals surface area contributed by atoms with Crippen LogP contribution in [-0.2, 0) is 18.7 Å². The van der Waals surface area contributed by atoms with Crippen LogP contribution in [0.25, 0.3) is 10.8 Å². The Balaban J connectivity index is 1.11. The molecule has 0 aliphatic heterocycles. The highest BCUT2D eigenvalue weighted by Crippen LogP contribution is 2.47. The number of hydrogen-bond donors (Lipinski definition) is 6. The highest BCUT2D eigenvalue weighted by atomic mass is 32.2. The van der Waals surface area contributed by atoms with Crippen LogP contribution >= 0.6 is 24.1 Å². The fraction of sp³-hybridized carbons (Fsp3) is 0.0976. The van der Waals surface area contributed by atoms with E-state index in [0.717, 1.165) is 17.6 Å². The molecule has 0 aliphatic carbocycles. The highest BCUT2D eigenvalue weighted by molar-refractivity contribution is 7.94. The Kier molecular flexibility index (Phi) is 15.2. The number of aromatic nitrogens is 3. The van der Waals surface area contributed by atoms with E-state index in [-0.39, 0.29) is 51.1 Å². The molecule has 0 saturated carbocycles. The number of phenols is 1. The van der Waals surface area contributed by atoms with Crippen molar-refractivity contribution in [3.63, 3.8) is 0 Å². The van der Waals surface area contributed by atoms with Gasteiger partial charge in [0.05, 0.1) is 61.7 Å². The van der Waals surface area contributed by atoms with Gasteiger partial charge in [0.1, 0.15) is 40.0 Å². The third-order valence-electron chi connectivity index (χ3n) is 8.84. The lowest BCUT2D eigenvalue weighted by molar-refractivity contribution is -0.432. The number of benzene rings is 6. The van der Waals surface area contributed by atoms with Gasteiger partial charge in [-0.1, -0.05) is 27.8 Å². The van der Waals surface area contributed by atoms with Crippen LogP contribution in [0.2, 0.25) is 0 Å². The molecule has 65 heavy (non-hydrogen) atoms. The van der Waals surface area contributed by atoms with Crippen molar-refractivity contribution in [2.45, 2.75) is 16.7 Å². The van der Waals surface area contributed by atoms with Crippen molar-refractivity contribution in [3.8, 4) is 29.0 Å². The van der Waals surface area contributed by atoms with Gasteiger partial charge in [-0.05, 0) is 85.1 Å². The van der Waals surface area contributed by atoms with Gasteiger partial charge in [-0.15, -0.1) is 29.1 Å². The molecule has 0 aliphatic rings. The first kappa shape index (κ1) is 45.5. The normalized spacial score (nSPS) is 11.5. The minimum Gasteiger partial charge on any atom is -0.505 e. The predicted molar refractivity (Wildman–Crippen MR) is 238 cm³/mol. The van der Waals surface area contributed by atoms with E-state index < -0.39 is 6.01 Å². The lowest BCUT2D eigenvalue weighted by atomic mass is 10.1. The van der Waals surface area contributed by atoms with E-state index in [1.165, 1.54) is 27.4 Å². The Hall–Kier alpha value is -7.55. The Morgan fingerprint density at radius 1 is 0.538 bits per heavy atom. The van der Waals surface area contributed by atoms with Crippen LogP contribution in [0.5, 0.6) is 29.0 Å². The molecular formula is C41H35N11O11S2. The zero-order valence-electron chi connectivity index (χ0n) is 34.3. The topological polar surface area (TPSA) is 282 Å². The van der Waals surface area contributed by atoms with Gasteiger partial charge in [-0.3, -0.25) is 0 Å². The molecule has 0 fully saturated rings. The van der Waals surface area contributed by atoms with Gasteiger partial charge in [0, 0.05) is 39.9 Å². The Morgan fingerprint density at radius 2 is 1.11 bits per heavy atom. The highest BCUT2D eigenvalue weighted by Gasteiger charge is 2.18. The molecule has 0 spiro atoms. The lowest BCUT2D eigenvalue weighted by Gasteiger charge is -2.12. The largest absolute Gasteiger partial charge is 0.505 e. The van der Waals surface area contributed by atoms with E-state index >= 15 is 0 Å². The first-order valence-corrected chi connectivity index (χ1v) is 20.1. The molecule has 6 N–H and O–H groups in total. The van der Waals surface area contributed by atoms with E-state index in [1.54, 1.807) is 72.8 Å². The van der Waals surface area contributed by atoms with Crippen LogP contribution < -0.4 is 24.8 Å². The summed E-state index contributed by atoms with van der Waals surface area (Å²) in [6.45, 7) is 1.97. The van der Waals surface area contributed by atoms with Crippen LogP contribution in [0.3, 0.4) is 0 Å². The summed E-state index contributed by atoms with van der Waals surface area (Å²) in [5.41, 5.74) is 4.14. The smallest absolute Gasteiger partial charge is 0.320 e. The van der Waals surface area contributed by atoms with Crippen molar-refractivity contribution in [1.29, 1.82) is 0 Å². The molecule has 332 valence electrons. The van der Waals surface area contributed by atoms with Gasteiger partial charge in [-0.25, -0.2) is 10.5 Å². The second kappa shape index (κ2) is 21.7. The number of fused-ring (bicyclic) bond motifs is 1. The van der Waals surface area contributed by atoms with Crippen LogP contribution in [0, 0.1) is 6.92 Å². The van der Waals surface area contributed by atoms with Gasteiger partial charge in [0.2, 0.25) is 11.9 Å². The quantitative estimate of drug-likeness (QED) is 0.0190. The first-order valence-electron chi connectivity index (χ1n) is 18.6. The fourth-order valence-corrected chi connectivity index (χ4v) is 6.65. The standard InChI is InChI=1S/C41H35N11O11S2/c1-22-5-7-24(8-6-22)42-39-44-40(46-41(54)45-39)43-26-11-15-29-23(17-26)18-36(65-63-61-56)37(38(29)53)52-51-32-21-34(58-3)31(20-35(32)59-4)50-49-30-16-12-27(19-33(30)57-2)48-47-25-9-13-28(14-10-25)64-62-60-55/h5-21,53,55-56H,1-4H3,(H3,42,43,44,45,46,54). The van der Waals surface area contributed by atoms with Crippen molar-refractivity contribution in [3.05, 3.63) is 109 Å². The Bertz CT molecular complexity index is 2880. The summed E-state index contributed by atoms with van der Waals surface area (Å²) >= 11 is 1.38. The van der Waals surface area contributed by atoms with Crippen LogP contribution in [0.4, 0.5) is 57.4 Å². The molecule has 24 heteroatoms. The average Bonchev–Trinajstić information content (AvgIpc) is 3.31. The van der Waals surface area contributed by atoms with Gasteiger partial charge >= 0.3 is 6.01 Å². The second-order valence-electron chi connectivity index (χ2n) is 13.0. The number of methoxy groups -OCH3 is 3. The van der Waals surface area contributed by atoms with Gasteiger partial charge in [0.15, 0.2) is 5.75 Å². The molecule has 0 radical (unpaired) electrons. The maximum atomic E-state index is 11.5. The van der Waals surface area contributed by atoms with Crippen LogP contribution in [0.1, 0.15) is 5.56 Å². The van der Waals surface area contributed by atoms with E-state index in [4.69, 9.17) is 29.1 Å². The number of nitrogens with zero attached hydrogens (tertiary/aromatic N) is 9. The SMILES string of the molecule is COc1cc(N=Nc2ccc(SOOO)cc2)ccc1N=Nc1cc(OC)c(N=Nc2c(SOOO)cc3cc(Nc4nc(O)nc(Nc5ccc(C)cc5)n4)ccc3c2O)cc1OC. The van der Waals surface area contributed by atoms with E-state index in [1.807, 2.05) is 31.2 Å². The fourth-order valence-electron chi connectivity index (χ4n) is 5.80. The second-order valence-corrected chi connectivity index (χ2v) is 14.5. The van der Waals surface area contributed by atoms with Crippen LogP contribution in [-0.4, -0.2) is 57.0 Å². The number of nitrogens with one attached hydrogen (secondary N) is 2. The minimum absolute atomic E-state index is 0.0359. The molecule has 0 unspecified atom stereocenters. The lowest BCUT2D eigenvalue weighted by Crippen LogP contribution is -2.03. The monoisotopic (exact) mass is 921 g/mol. The van der Waals surface area contributed by atoms with Crippen molar-refractivity contribution < 1.29 is 53.7 Å². The Labute approximate surface area is 376 Å². The first-order chi connectivity index (χ1) is 31.7. The number of phenolic OH excluding ortho intramolecular Hbond substituents is 1. The maximum Gasteiger partial charge on any atom is 0.320 e. The number of ether oxygens (including phenoxy) is 3. The molecule has 0 bridgehead atoms. The van der Waals surface area contributed by atoms with E-state index in [9.17, 15) is 10.2 Å². The molecule has 7 aromatic rings. The van der Waals surface area contributed by atoms with Gasteiger partial charge in [0.25, 0.3) is 0 Å². The maximum absolute atomic E-state index is 11.5. The summed E-state index contributed by atoms with van der Waals surface area (Å²) in [6.07, 6.45) is 0. The van der Waals surface area contributed by atoms with Crippen molar-refractivity contribution in [1.82, 2.24) is 15.0 Å². The summed E-state index contributed by atoms with van der Waals surface area (Å²) in [4.78, 5) is 13.2. The number of anilines is 4. The minimum atomic E-state index is -0.508. The third-order valence-corrected chi connectivity index (χ3v) is 10.1. The molecule has 22 nitrogen and oxygen atoms in total. The molecule has 0 amide bonds. The van der Waals surface area contributed by atoms with Crippen LogP contribution in [0.15, 0.2) is 144 Å². The summed E-state index contributed by atoms with van der Waals surface area (Å²) in [7, 11) is 4.35. The summed E-state index contributed by atoms with van der Waals surface area (Å²) in [6, 6.07) is 28.5. The summed E-state index contributed by atoms with van der Waals surface area (Å²) < 4.78 is 25.9. The molecule has 0 atom stereocenters. The number of rotatable bonds is 19. The Morgan fingerprint density at radius 3 is 1.77 bits per heavy atom. The number of hydrogen-bond acceptors (Lipinski definition) is 24. The average molecular weight is 922 g/mol. The van der Waals surface area contributed by atoms with E-state index in [0.29, 0.717) is 61.9 Å². The number of aromatic hydroxyl groups is 2. The number of azo groups is 3. The summed E-state index contributed by atoms with van der Waals surface area (Å²) in [5.74, 6) is 0.723. The van der Waals surface area contributed by atoms with E-state index in [2.05, 4.69) is 70.7 Å².